The van der Waals surface area contributed by atoms with Crippen molar-refractivity contribution in [1.29, 1.82) is 5.26 Å². The van der Waals surface area contributed by atoms with E-state index in [1.54, 1.807) is 31.3 Å². The highest BCUT2D eigenvalue weighted by Gasteiger charge is 2.07. The third-order valence-corrected chi connectivity index (χ3v) is 2.63. The molecule has 1 aromatic carbocycles. The average Bonchev–Trinajstić information content (AvgIpc) is 2.39. The number of aromatic carboxylic acids is 1. The number of likely N-dealkylation sites (N-methyl/N-ethyl adjacent to an activating group) is 1. The average molecular weight is 275 g/mol. The van der Waals surface area contributed by atoms with Gasteiger partial charge in [0, 0.05) is 13.1 Å². The highest BCUT2D eigenvalue weighted by atomic mass is 16.4. The number of rotatable bonds is 7. The summed E-state index contributed by atoms with van der Waals surface area (Å²) >= 11 is 0. The molecule has 106 valence electrons. The van der Waals surface area contributed by atoms with Crippen LogP contribution in [0.25, 0.3) is 0 Å². The molecule has 1 aromatic rings. The second-order valence-corrected chi connectivity index (χ2v) is 4.43. The smallest absolute Gasteiger partial charge is 0.335 e. The van der Waals surface area contributed by atoms with E-state index in [2.05, 4.69) is 5.32 Å². The minimum absolute atomic E-state index is 0.134. The first-order valence-electron chi connectivity index (χ1n) is 6.17. The molecule has 0 atom stereocenters. The number of nitriles is 1. The molecule has 0 aliphatic heterocycles. The summed E-state index contributed by atoms with van der Waals surface area (Å²) in [6.07, 6.45) is 0.298. The number of hydrogen-bond acceptors (Lipinski definition) is 4. The lowest BCUT2D eigenvalue weighted by Crippen LogP contribution is -2.35. The highest BCUT2D eigenvalue weighted by molar-refractivity contribution is 5.87. The number of carbonyl (C=O) groups is 2. The molecule has 0 aromatic heterocycles. The summed E-state index contributed by atoms with van der Waals surface area (Å²) in [5.41, 5.74) is 1.17. The number of amides is 1. The Balaban J connectivity index is 2.42. The Bertz CT molecular complexity index is 505. The molecule has 0 bridgehead atoms. The maximum Gasteiger partial charge on any atom is 0.335 e. The number of nitrogens with zero attached hydrogens (tertiary/aromatic N) is 2. The quantitative estimate of drug-likeness (QED) is 0.719. The zero-order valence-corrected chi connectivity index (χ0v) is 11.3. The number of hydrogen-bond donors (Lipinski definition) is 2. The molecule has 1 rings (SSSR count). The standard InChI is InChI=1S/C14H17N3O3/c1-17(10-13(18)16-8-2-7-15)9-11-3-5-12(6-4-11)14(19)20/h3-6H,2,8-10H2,1H3,(H,16,18)(H,19,20). The van der Waals surface area contributed by atoms with Gasteiger partial charge in [-0.05, 0) is 24.7 Å². The normalized spacial score (nSPS) is 10.1. The Morgan fingerprint density at radius 3 is 2.55 bits per heavy atom. The van der Waals surface area contributed by atoms with Gasteiger partial charge in [-0.1, -0.05) is 12.1 Å². The van der Waals surface area contributed by atoms with Gasteiger partial charge in [0.1, 0.15) is 0 Å². The summed E-state index contributed by atoms with van der Waals surface area (Å²) in [5, 5.41) is 19.8. The van der Waals surface area contributed by atoms with Crippen LogP contribution in [0.2, 0.25) is 0 Å². The second kappa shape index (κ2) is 7.92. The van der Waals surface area contributed by atoms with Crippen LogP contribution in [0.1, 0.15) is 22.3 Å². The molecule has 6 heteroatoms. The van der Waals surface area contributed by atoms with Gasteiger partial charge in [-0.25, -0.2) is 4.79 Å². The van der Waals surface area contributed by atoms with E-state index >= 15 is 0 Å². The fourth-order valence-electron chi connectivity index (χ4n) is 1.68. The Morgan fingerprint density at radius 1 is 1.35 bits per heavy atom. The van der Waals surface area contributed by atoms with Crippen molar-refractivity contribution in [1.82, 2.24) is 10.2 Å². The van der Waals surface area contributed by atoms with E-state index in [0.29, 0.717) is 19.5 Å². The van der Waals surface area contributed by atoms with Crippen LogP contribution in [-0.4, -0.2) is 42.0 Å². The minimum Gasteiger partial charge on any atom is -0.478 e. The fourth-order valence-corrected chi connectivity index (χ4v) is 1.68. The molecule has 0 heterocycles. The van der Waals surface area contributed by atoms with E-state index in [9.17, 15) is 9.59 Å². The van der Waals surface area contributed by atoms with Crippen LogP contribution in [0.4, 0.5) is 0 Å². The number of carboxylic acids is 1. The van der Waals surface area contributed by atoms with Crippen molar-refractivity contribution < 1.29 is 14.7 Å². The van der Waals surface area contributed by atoms with Crippen molar-refractivity contribution in [3.63, 3.8) is 0 Å². The lowest BCUT2D eigenvalue weighted by atomic mass is 10.1. The lowest BCUT2D eigenvalue weighted by molar-refractivity contribution is -0.122. The van der Waals surface area contributed by atoms with Crippen LogP contribution in [0.3, 0.4) is 0 Å². The summed E-state index contributed by atoms with van der Waals surface area (Å²) in [6.45, 7) is 1.13. The van der Waals surface area contributed by atoms with Gasteiger partial charge in [-0.3, -0.25) is 9.69 Å². The van der Waals surface area contributed by atoms with Crippen molar-refractivity contribution in [3.05, 3.63) is 35.4 Å². The first-order valence-corrected chi connectivity index (χ1v) is 6.17. The molecule has 0 radical (unpaired) electrons. The van der Waals surface area contributed by atoms with Crippen LogP contribution in [0, 0.1) is 11.3 Å². The van der Waals surface area contributed by atoms with Crippen molar-refractivity contribution >= 4 is 11.9 Å². The Hall–Kier alpha value is -2.39. The van der Waals surface area contributed by atoms with Crippen LogP contribution in [0.5, 0.6) is 0 Å². The summed E-state index contributed by atoms with van der Waals surface area (Å²) < 4.78 is 0. The van der Waals surface area contributed by atoms with E-state index in [-0.39, 0.29) is 18.0 Å². The van der Waals surface area contributed by atoms with E-state index in [1.165, 1.54) is 0 Å². The molecule has 0 aliphatic rings. The predicted molar refractivity (Wildman–Crippen MR) is 73.0 cm³/mol. The zero-order chi connectivity index (χ0) is 15.0. The summed E-state index contributed by atoms with van der Waals surface area (Å²) in [5.74, 6) is -1.09. The number of nitrogens with one attached hydrogen (secondary N) is 1. The van der Waals surface area contributed by atoms with E-state index in [4.69, 9.17) is 10.4 Å². The molecule has 2 N–H and O–H groups in total. The summed E-state index contributed by atoms with van der Waals surface area (Å²) in [4.78, 5) is 24.1. The zero-order valence-electron chi connectivity index (χ0n) is 11.3. The van der Waals surface area contributed by atoms with Gasteiger partial charge in [0.15, 0.2) is 0 Å². The molecule has 0 saturated carbocycles. The summed E-state index contributed by atoms with van der Waals surface area (Å²) in [6, 6.07) is 8.49. The predicted octanol–water partition coefficient (Wildman–Crippen LogP) is 0.846. The molecular formula is C14H17N3O3. The van der Waals surface area contributed by atoms with Gasteiger partial charge in [-0.2, -0.15) is 5.26 Å². The van der Waals surface area contributed by atoms with Gasteiger partial charge >= 0.3 is 5.97 Å². The molecule has 0 aliphatic carbocycles. The molecule has 0 unspecified atom stereocenters. The van der Waals surface area contributed by atoms with E-state index in [0.717, 1.165) is 5.56 Å². The molecule has 20 heavy (non-hydrogen) atoms. The number of carboxylic acid groups (broad SMARTS) is 1. The van der Waals surface area contributed by atoms with E-state index < -0.39 is 5.97 Å². The van der Waals surface area contributed by atoms with Crippen molar-refractivity contribution in [2.75, 3.05) is 20.1 Å². The third kappa shape index (κ3) is 5.50. The molecule has 1 amide bonds. The molecular weight excluding hydrogens is 258 g/mol. The first-order chi connectivity index (χ1) is 9.52. The molecule has 0 spiro atoms. The van der Waals surface area contributed by atoms with Gasteiger partial charge < -0.3 is 10.4 Å². The van der Waals surface area contributed by atoms with Crippen LogP contribution in [0.15, 0.2) is 24.3 Å². The summed E-state index contributed by atoms with van der Waals surface area (Å²) in [7, 11) is 1.80. The number of benzene rings is 1. The lowest BCUT2D eigenvalue weighted by Gasteiger charge is -2.16. The van der Waals surface area contributed by atoms with Gasteiger partial charge in [0.2, 0.25) is 5.91 Å². The van der Waals surface area contributed by atoms with Crippen LogP contribution >= 0.6 is 0 Å². The van der Waals surface area contributed by atoms with E-state index in [1.807, 2.05) is 11.0 Å². The fraction of sp³-hybridized carbons (Fsp3) is 0.357. The van der Waals surface area contributed by atoms with Gasteiger partial charge in [-0.15, -0.1) is 0 Å². The first kappa shape index (κ1) is 15.7. The van der Waals surface area contributed by atoms with Crippen molar-refractivity contribution in [2.45, 2.75) is 13.0 Å². The second-order valence-electron chi connectivity index (χ2n) is 4.43. The van der Waals surface area contributed by atoms with Crippen molar-refractivity contribution in [2.24, 2.45) is 0 Å². The van der Waals surface area contributed by atoms with Crippen molar-refractivity contribution in [3.8, 4) is 6.07 Å². The Labute approximate surface area is 117 Å². The third-order valence-electron chi connectivity index (χ3n) is 2.63. The largest absolute Gasteiger partial charge is 0.478 e. The maximum absolute atomic E-state index is 11.5. The van der Waals surface area contributed by atoms with Gasteiger partial charge in [0.25, 0.3) is 0 Å². The molecule has 0 fully saturated rings. The topological polar surface area (TPSA) is 93.4 Å². The molecule has 0 saturated heterocycles. The molecule has 6 nitrogen and oxygen atoms in total. The minimum atomic E-state index is -0.957. The Morgan fingerprint density at radius 2 is 2.00 bits per heavy atom. The monoisotopic (exact) mass is 275 g/mol. The van der Waals surface area contributed by atoms with Gasteiger partial charge in [0.05, 0.1) is 24.6 Å². The van der Waals surface area contributed by atoms with Crippen LogP contribution in [-0.2, 0) is 11.3 Å². The maximum atomic E-state index is 11.5. The number of carbonyl (C=O) groups excluding carboxylic acids is 1. The Kier molecular flexibility index (Phi) is 6.20. The van der Waals surface area contributed by atoms with Crippen LogP contribution < -0.4 is 5.32 Å². The SMILES string of the molecule is CN(CC(=O)NCCC#N)Cc1ccc(C(=O)O)cc1. The highest BCUT2D eigenvalue weighted by Crippen LogP contribution is 2.06.